The molecule has 8 nitrogen and oxygen atoms in total. The molecule has 24 heavy (non-hydrogen) atoms. The number of aryl methyl sites for hydroxylation is 1. The van der Waals surface area contributed by atoms with Crippen molar-refractivity contribution in [2.45, 2.75) is 30.3 Å². The Hall–Kier alpha value is -2.39. The predicted molar refractivity (Wildman–Crippen MR) is 85.8 cm³/mol. The van der Waals surface area contributed by atoms with Gasteiger partial charge in [0.25, 0.3) is 5.91 Å². The fourth-order valence-corrected chi connectivity index (χ4v) is 3.90. The number of primary amides is 1. The fourth-order valence-electron chi connectivity index (χ4n) is 2.62. The largest absolute Gasteiger partial charge is 0.484 e. The summed E-state index contributed by atoms with van der Waals surface area (Å²) in [4.78, 5) is 10.8. The fraction of sp³-hybridized carbons (Fsp3) is 0.333. The van der Waals surface area contributed by atoms with E-state index >= 15 is 0 Å². The van der Waals surface area contributed by atoms with E-state index in [1.54, 1.807) is 6.20 Å². The maximum atomic E-state index is 12.5. The number of fused-ring (bicyclic) bond motifs is 1. The summed E-state index contributed by atoms with van der Waals surface area (Å²) >= 11 is 0. The minimum atomic E-state index is -3.62. The van der Waals surface area contributed by atoms with Crippen LogP contribution in [0, 0.1) is 0 Å². The molecule has 1 aliphatic rings. The second kappa shape index (κ2) is 6.62. The average molecular weight is 350 g/mol. The lowest BCUT2D eigenvalue weighted by Gasteiger charge is -2.24. The first kappa shape index (κ1) is 16.5. The van der Waals surface area contributed by atoms with Gasteiger partial charge in [0.05, 0.1) is 4.90 Å². The molecule has 2 aromatic rings. The summed E-state index contributed by atoms with van der Waals surface area (Å²) in [7, 11) is -3.62. The van der Waals surface area contributed by atoms with Crippen LogP contribution in [-0.2, 0) is 27.8 Å². The monoisotopic (exact) mass is 350 g/mol. The van der Waals surface area contributed by atoms with Crippen LogP contribution in [0.15, 0.2) is 41.4 Å². The van der Waals surface area contributed by atoms with Crippen LogP contribution in [-0.4, -0.2) is 36.8 Å². The molecule has 1 aliphatic heterocycles. The SMILES string of the molecule is NC(=O)COc1ccc(S(=O)(=O)N[C@@H]2CCn3nccc3C2)cc1. The Morgan fingerprint density at radius 2 is 2.08 bits per heavy atom. The molecule has 1 aromatic heterocycles. The highest BCUT2D eigenvalue weighted by atomic mass is 32.2. The van der Waals surface area contributed by atoms with Crippen molar-refractivity contribution in [1.29, 1.82) is 0 Å². The third kappa shape index (κ3) is 3.74. The van der Waals surface area contributed by atoms with Gasteiger partial charge in [-0.3, -0.25) is 9.48 Å². The molecule has 0 aliphatic carbocycles. The minimum Gasteiger partial charge on any atom is -0.484 e. The zero-order valence-electron chi connectivity index (χ0n) is 12.9. The quantitative estimate of drug-likeness (QED) is 0.763. The molecule has 0 spiro atoms. The molecular weight excluding hydrogens is 332 g/mol. The van der Waals surface area contributed by atoms with E-state index in [2.05, 4.69) is 9.82 Å². The lowest BCUT2D eigenvalue weighted by atomic mass is 10.1. The molecule has 3 N–H and O–H groups in total. The van der Waals surface area contributed by atoms with E-state index in [1.165, 1.54) is 24.3 Å². The second-order valence-electron chi connectivity index (χ2n) is 5.58. The van der Waals surface area contributed by atoms with E-state index in [0.717, 1.165) is 5.69 Å². The van der Waals surface area contributed by atoms with Crippen LogP contribution in [0.2, 0.25) is 0 Å². The van der Waals surface area contributed by atoms with Crippen molar-refractivity contribution in [1.82, 2.24) is 14.5 Å². The minimum absolute atomic E-state index is 0.146. The average Bonchev–Trinajstić information content (AvgIpc) is 3.00. The van der Waals surface area contributed by atoms with Crippen LogP contribution in [0.1, 0.15) is 12.1 Å². The predicted octanol–water partition coefficient (Wildman–Crippen LogP) is 0.0405. The maximum Gasteiger partial charge on any atom is 0.255 e. The first-order valence-electron chi connectivity index (χ1n) is 7.48. The van der Waals surface area contributed by atoms with Crippen LogP contribution >= 0.6 is 0 Å². The van der Waals surface area contributed by atoms with E-state index in [9.17, 15) is 13.2 Å². The molecule has 0 saturated heterocycles. The van der Waals surface area contributed by atoms with Crippen LogP contribution < -0.4 is 15.2 Å². The van der Waals surface area contributed by atoms with Crippen LogP contribution in [0.25, 0.3) is 0 Å². The number of nitrogens with two attached hydrogens (primary N) is 1. The molecule has 1 amide bonds. The van der Waals surface area contributed by atoms with Gasteiger partial charge in [-0.1, -0.05) is 0 Å². The number of carbonyl (C=O) groups is 1. The number of aromatic nitrogens is 2. The van der Waals surface area contributed by atoms with Gasteiger partial charge in [-0.05, 0) is 36.8 Å². The van der Waals surface area contributed by atoms with Gasteiger partial charge in [0.1, 0.15) is 5.75 Å². The Morgan fingerprint density at radius 1 is 1.33 bits per heavy atom. The van der Waals surface area contributed by atoms with Crippen LogP contribution in [0.3, 0.4) is 0 Å². The lowest BCUT2D eigenvalue weighted by Crippen LogP contribution is -2.40. The van der Waals surface area contributed by atoms with Crippen LogP contribution in [0.5, 0.6) is 5.75 Å². The van der Waals surface area contributed by atoms with Gasteiger partial charge < -0.3 is 10.5 Å². The molecule has 2 heterocycles. The van der Waals surface area contributed by atoms with Crippen molar-refractivity contribution in [3.8, 4) is 5.75 Å². The highest BCUT2D eigenvalue weighted by Crippen LogP contribution is 2.19. The summed E-state index contributed by atoms with van der Waals surface area (Å²) in [6, 6.07) is 7.59. The van der Waals surface area contributed by atoms with Crippen molar-refractivity contribution in [2.75, 3.05) is 6.61 Å². The van der Waals surface area contributed by atoms with Crippen molar-refractivity contribution in [3.63, 3.8) is 0 Å². The van der Waals surface area contributed by atoms with Gasteiger partial charge in [-0.25, -0.2) is 13.1 Å². The topological polar surface area (TPSA) is 116 Å². The Balaban J connectivity index is 1.66. The summed E-state index contributed by atoms with van der Waals surface area (Å²) in [6.07, 6.45) is 3.02. The molecule has 0 unspecified atom stereocenters. The molecule has 0 bridgehead atoms. The zero-order valence-corrected chi connectivity index (χ0v) is 13.7. The summed E-state index contributed by atoms with van der Waals surface area (Å²) in [5.74, 6) is -0.209. The smallest absolute Gasteiger partial charge is 0.255 e. The van der Waals surface area contributed by atoms with Gasteiger partial charge in [-0.15, -0.1) is 0 Å². The van der Waals surface area contributed by atoms with E-state index in [4.69, 9.17) is 10.5 Å². The van der Waals surface area contributed by atoms with Gasteiger partial charge in [0.2, 0.25) is 10.0 Å². The van der Waals surface area contributed by atoms with Gasteiger partial charge in [-0.2, -0.15) is 5.10 Å². The Morgan fingerprint density at radius 3 is 2.79 bits per heavy atom. The molecule has 0 fully saturated rings. The molecule has 9 heteroatoms. The van der Waals surface area contributed by atoms with E-state index < -0.39 is 15.9 Å². The third-order valence-electron chi connectivity index (χ3n) is 3.79. The normalized spacial score (nSPS) is 17.2. The van der Waals surface area contributed by atoms with Gasteiger partial charge in [0.15, 0.2) is 6.61 Å². The second-order valence-corrected chi connectivity index (χ2v) is 7.30. The number of carbonyl (C=O) groups excluding carboxylic acids is 1. The number of ether oxygens (including phenoxy) is 1. The summed E-state index contributed by atoms with van der Waals surface area (Å²) in [5, 5.41) is 4.18. The number of nitrogens with zero attached hydrogens (tertiary/aromatic N) is 2. The third-order valence-corrected chi connectivity index (χ3v) is 5.32. The van der Waals surface area contributed by atoms with Crippen molar-refractivity contribution >= 4 is 15.9 Å². The number of sulfonamides is 1. The molecule has 0 saturated carbocycles. The van der Waals surface area contributed by atoms with Gasteiger partial charge >= 0.3 is 0 Å². The van der Waals surface area contributed by atoms with Gasteiger partial charge in [0, 0.05) is 30.9 Å². The Labute approximate surface area is 139 Å². The standard InChI is InChI=1S/C15H18N4O4S/c16-15(20)10-23-13-1-3-14(4-2-13)24(21,22)18-11-6-8-19-12(9-11)5-7-17-19/h1-5,7,11,18H,6,8-10H2,(H2,16,20)/t11-/m1/s1. The summed E-state index contributed by atoms with van der Waals surface area (Å²) < 4.78 is 34.7. The lowest BCUT2D eigenvalue weighted by molar-refractivity contribution is -0.119. The maximum absolute atomic E-state index is 12.5. The Kier molecular flexibility index (Phi) is 4.54. The molecule has 1 atom stereocenters. The number of benzene rings is 1. The van der Waals surface area contributed by atoms with Crippen molar-refractivity contribution in [2.24, 2.45) is 5.73 Å². The van der Waals surface area contributed by atoms with Crippen molar-refractivity contribution < 1.29 is 17.9 Å². The van der Waals surface area contributed by atoms with E-state index in [0.29, 0.717) is 25.1 Å². The highest BCUT2D eigenvalue weighted by Gasteiger charge is 2.24. The highest BCUT2D eigenvalue weighted by molar-refractivity contribution is 7.89. The molecule has 0 radical (unpaired) electrons. The first-order chi connectivity index (χ1) is 11.4. The zero-order chi connectivity index (χ0) is 17.2. The number of nitrogens with one attached hydrogen (secondary N) is 1. The Bertz CT molecular complexity index is 829. The van der Waals surface area contributed by atoms with Crippen molar-refractivity contribution in [3.05, 3.63) is 42.2 Å². The van der Waals surface area contributed by atoms with E-state index in [1.807, 2.05) is 10.7 Å². The number of rotatable bonds is 6. The summed E-state index contributed by atoms with van der Waals surface area (Å²) in [6.45, 7) is 0.440. The molecular formula is C15H18N4O4S. The first-order valence-corrected chi connectivity index (χ1v) is 8.96. The van der Waals surface area contributed by atoms with E-state index in [-0.39, 0.29) is 17.5 Å². The van der Waals surface area contributed by atoms with Crippen LogP contribution in [0.4, 0.5) is 0 Å². The molecule has 128 valence electrons. The number of hydrogen-bond donors (Lipinski definition) is 2. The number of hydrogen-bond acceptors (Lipinski definition) is 5. The number of amides is 1. The molecule has 3 rings (SSSR count). The molecule has 1 aromatic carbocycles. The summed E-state index contributed by atoms with van der Waals surface area (Å²) in [5.41, 5.74) is 6.01.